The molecule has 124 valence electrons. The topological polar surface area (TPSA) is 78.4 Å². The van der Waals surface area contributed by atoms with E-state index < -0.39 is 5.97 Å². The van der Waals surface area contributed by atoms with Gasteiger partial charge in [0.05, 0.1) is 0 Å². The van der Waals surface area contributed by atoms with Crippen LogP contribution in [0.4, 0.5) is 4.79 Å². The van der Waals surface area contributed by atoms with Crippen molar-refractivity contribution in [1.29, 1.82) is 0 Å². The molecule has 0 spiro atoms. The van der Waals surface area contributed by atoms with Crippen molar-refractivity contribution in [2.45, 2.75) is 72.8 Å². The third-order valence-corrected chi connectivity index (χ3v) is 4.03. The van der Waals surface area contributed by atoms with E-state index in [1.54, 1.807) is 0 Å². The van der Waals surface area contributed by atoms with Crippen LogP contribution in [0.3, 0.4) is 0 Å². The number of rotatable bonds is 9. The third-order valence-electron chi connectivity index (χ3n) is 4.03. The van der Waals surface area contributed by atoms with Gasteiger partial charge in [-0.15, -0.1) is 0 Å². The molecule has 0 saturated carbocycles. The van der Waals surface area contributed by atoms with Crippen LogP contribution in [0.2, 0.25) is 0 Å². The minimum Gasteiger partial charge on any atom is -0.481 e. The number of carbonyl (C=O) groups excluding carboxylic acids is 1. The van der Waals surface area contributed by atoms with Crippen molar-refractivity contribution in [1.82, 2.24) is 10.6 Å². The number of hydrogen-bond acceptors (Lipinski definition) is 2. The number of hydrogen-bond donors (Lipinski definition) is 3. The number of urea groups is 1. The molecule has 0 aromatic heterocycles. The Kier molecular flexibility index (Phi) is 9.06. The predicted octanol–water partition coefficient (Wildman–Crippen LogP) is 3.39. The van der Waals surface area contributed by atoms with Crippen LogP contribution in [0.25, 0.3) is 0 Å². The summed E-state index contributed by atoms with van der Waals surface area (Å²) in [5.41, 5.74) is 0.0446. The van der Waals surface area contributed by atoms with E-state index in [2.05, 4.69) is 45.3 Å². The minimum atomic E-state index is -0.760. The highest BCUT2D eigenvalue weighted by Gasteiger charge is 2.24. The lowest BCUT2D eigenvalue weighted by molar-refractivity contribution is -0.137. The Morgan fingerprint density at radius 2 is 1.67 bits per heavy atom. The summed E-state index contributed by atoms with van der Waals surface area (Å²) < 4.78 is 0. The summed E-state index contributed by atoms with van der Waals surface area (Å²) in [6, 6.07) is 0.0880. The number of aliphatic carboxylic acids is 1. The summed E-state index contributed by atoms with van der Waals surface area (Å²) in [6.45, 7) is 11.0. The maximum absolute atomic E-state index is 11.8. The fourth-order valence-electron chi connectivity index (χ4n) is 2.40. The molecule has 5 nitrogen and oxygen atoms in total. The lowest BCUT2D eigenvalue weighted by atomic mass is 9.76. The molecule has 2 amide bonds. The number of nitrogens with one attached hydrogen (secondary N) is 2. The van der Waals surface area contributed by atoms with Crippen LogP contribution in [0.15, 0.2) is 0 Å². The molecule has 3 N–H and O–H groups in total. The average molecular weight is 300 g/mol. The first-order valence-electron chi connectivity index (χ1n) is 7.96. The predicted molar refractivity (Wildman–Crippen MR) is 85.3 cm³/mol. The van der Waals surface area contributed by atoms with Gasteiger partial charge in [-0.1, -0.05) is 34.6 Å². The van der Waals surface area contributed by atoms with Crippen LogP contribution < -0.4 is 10.6 Å². The first-order chi connectivity index (χ1) is 9.70. The van der Waals surface area contributed by atoms with Crippen molar-refractivity contribution in [3.05, 3.63) is 0 Å². The molecule has 21 heavy (non-hydrogen) atoms. The molecule has 5 heteroatoms. The van der Waals surface area contributed by atoms with Crippen molar-refractivity contribution in [2.24, 2.45) is 11.3 Å². The number of amides is 2. The van der Waals surface area contributed by atoms with Gasteiger partial charge in [0, 0.05) is 19.0 Å². The fourth-order valence-corrected chi connectivity index (χ4v) is 2.40. The van der Waals surface area contributed by atoms with E-state index in [1.807, 2.05) is 0 Å². The Morgan fingerprint density at radius 3 is 2.10 bits per heavy atom. The van der Waals surface area contributed by atoms with Gasteiger partial charge in [0.2, 0.25) is 0 Å². The highest BCUT2D eigenvalue weighted by atomic mass is 16.4. The first kappa shape index (κ1) is 19.7. The molecule has 0 aromatic rings. The highest BCUT2D eigenvalue weighted by Crippen LogP contribution is 2.32. The molecule has 0 aliphatic rings. The molecule has 1 atom stereocenters. The van der Waals surface area contributed by atoms with Crippen LogP contribution in [0, 0.1) is 11.3 Å². The third kappa shape index (κ3) is 9.32. The highest BCUT2D eigenvalue weighted by molar-refractivity contribution is 5.74. The summed E-state index contributed by atoms with van der Waals surface area (Å²) in [5, 5.41) is 14.6. The second-order valence-electron chi connectivity index (χ2n) is 6.70. The second-order valence-corrected chi connectivity index (χ2v) is 6.70. The molecule has 0 rings (SSSR count). The molecule has 0 fully saturated rings. The minimum absolute atomic E-state index is 0.0446. The Morgan fingerprint density at radius 1 is 1.10 bits per heavy atom. The van der Waals surface area contributed by atoms with Crippen molar-refractivity contribution in [3.8, 4) is 0 Å². The molecule has 0 heterocycles. The summed E-state index contributed by atoms with van der Waals surface area (Å²) in [6.07, 6.45) is 3.48. The Balaban J connectivity index is 4.18. The smallest absolute Gasteiger partial charge is 0.315 e. The molecule has 0 aliphatic heterocycles. The number of carboxylic acid groups (broad SMARTS) is 1. The normalized spacial score (nSPS) is 13.0. The Bertz CT molecular complexity index is 320. The SMILES string of the molecule is CCC(CC)NC(=O)NCCC(CCC(=O)O)C(C)(C)C. The van der Waals surface area contributed by atoms with Gasteiger partial charge in [0.1, 0.15) is 0 Å². The van der Waals surface area contributed by atoms with Crippen LogP contribution in [0.5, 0.6) is 0 Å². The maximum Gasteiger partial charge on any atom is 0.315 e. The molecule has 0 saturated heterocycles. The Hall–Kier alpha value is -1.26. The van der Waals surface area contributed by atoms with Gasteiger partial charge >= 0.3 is 12.0 Å². The van der Waals surface area contributed by atoms with Gasteiger partial charge in [-0.2, -0.15) is 0 Å². The summed E-state index contributed by atoms with van der Waals surface area (Å²) in [5.74, 6) is -0.481. The number of carboxylic acids is 1. The van der Waals surface area contributed by atoms with Crippen LogP contribution >= 0.6 is 0 Å². The fraction of sp³-hybridized carbons (Fsp3) is 0.875. The van der Waals surface area contributed by atoms with Crippen molar-refractivity contribution >= 4 is 12.0 Å². The monoisotopic (exact) mass is 300 g/mol. The standard InChI is InChI=1S/C16H32N2O3/c1-6-13(7-2)18-15(21)17-11-10-12(16(3,4)5)8-9-14(19)20/h12-13H,6-11H2,1-5H3,(H,19,20)(H2,17,18,21). The van der Waals surface area contributed by atoms with E-state index in [4.69, 9.17) is 5.11 Å². The molecule has 0 aliphatic carbocycles. The van der Waals surface area contributed by atoms with E-state index in [9.17, 15) is 9.59 Å². The maximum atomic E-state index is 11.8. The van der Waals surface area contributed by atoms with Gasteiger partial charge in [-0.25, -0.2) is 4.79 Å². The van der Waals surface area contributed by atoms with E-state index in [0.29, 0.717) is 13.0 Å². The van der Waals surface area contributed by atoms with Crippen LogP contribution in [-0.4, -0.2) is 29.7 Å². The van der Waals surface area contributed by atoms with Crippen molar-refractivity contribution in [2.75, 3.05) is 6.54 Å². The lowest BCUT2D eigenvalue weighted by Gasteiger charge is -2.30. The van der Waals surface area contributed by atoms with Gasteiger partial charge < -0.3 is 15.7 Å². The first-order valence-corrected chi connectivity index (χ1v) is 7.96. The molecule has 0 aromatic carbocycles. The zero-order valence-electron chi connectivity index (χ0n) is 14.2. The summed E-state index contributed by atoms with van der Waals surface area (Å²) in [4.78, 5) is 22.5. The van der Waals surface area contributed by atoms with E-state index in [0.717, 1.165) is 19.3 Å². The molecule has 0 bridgehead atoms. The summed E-state index contributed by atoms with van der Waals surface area (Å²) in [7, 11) is 0. The van der Waals surface area contributed by atoms with Gasteiger partial charge in [0.15, 0.2) is 0 Å². The van der Waals surface area contributed by atoms with Crippen molar-refractivity contribution in [3.63, 3.8) is 0 Å². The summed E-state index contributed by atoms with van der Waals surface area (Å²) >= 11 is 0. The van der Waals surface area contributed by atoms with Crippen molar-refractivity contribution < 1.29 is 14.7 Å². The zero-order chi connectivity index (χ0) is 16.5. The van der Waals surface area contributed by atoms with Gasteiger partial charge in [0.25, 0.3) is 0 Å². The van der Waals surface area contributed by atoms with Gasteiger partial charge in [-0.05, 0) is 37.0 Å². The lowest BCUT2D eigenvalue weighted by Crippen LogP contribution is -2.42. The number of carbonyl (C=O) groups is 2. The second kappa shape index (κ2) is 9.64. The molecular weight excluding hydrogens is 268 g/mol. The van der Waals surface area contributed by atoms with Gasteiger partial charge in [-0.3, -0.25) is 4.79 Å². The largest absolute Gasteiger partial charge is 0.481 e. The van der Waals surface area contributed by atoms with Crippen LogP contribution in [-0.2, 0) is 4.79 Å². The average Bonchev–Trinajstić information content (AvgIpc) is 2.38. The van der Waals surface area contributed by atoms with E-state index in [-0.39, 0.29) is 29.8 Å². The molecule has 0 radical (unpaired) electrons. The van der Waals surface area contributed by atoms with Crippen LogP contribution in [0.1, 0.15) is 66.7 Å². The molecule has 1 unspecified atom stereocenters. The van der Waals surface area contributed by atoms with E-state index in [1.165, 1.54) is 0 Å². The quantitative estimate of drug-likeness (QED) is 0.610. The van der Waals surface area contributed by atoms with E-state index >= 15 is 0 Å². The molecular formula is C16H32N2O3. The Labute approximate surface area is 128 Å². The zero-order valence-corrected chi connectivity index (χ0v) is 14.2.